The Labute approximate surface area is 186 Å². The van der Waals surface area contributed by atoms with E-state index in [0.717, 1.165) is 0 Å². The first kappa shape index (κ1) is 23.0. The summed E-state index contributed by atoms with van der Waals surface area (Å²) in [7, 11) is 0. The summed E-state index contributed by atoms with van der Waals surface area (Å²) in [6.07, 6.45) is -5.11. The van der Waals surface area contributed by atoms with Crippen molar-refractivity contribution in [3.63, 3.8) is 0 Å². The molecule has 2 N–H and O–H groups in total. The number of likely N-dealkylation sites (tertiary alicyclic amines) is 1. The number of benzene rings is 1. The second-order valence-electron chi connectivity index (χ2n) is 8.44. The molecule has 1 aromatic carbocycles. The monoisotopic (exact) mass is 539 g/mol. The molecule has 10 heteroatoms. The predicted octanol–water partition coefficient (Wildman–Crippen LogP) is 4.59. The summed E-state index contributed by atoms with van der Waals surface area (Å²) < 4.78 is 46.0. The van der Waals surface area contributed by atoms with Crippen LogP contribution in [0.3, 0.4) is 0 Å². The van der Waals surface area contributed by atoms with E-state index in [1.165, 1.54) is 9.47 Å². The maximum Gasteiger partial charge on any atom is 0.410 e. The van der Waals surface area contributed by atoms with Crippen molar-refractivity contribution in [1.29, 1.82) is 0 Å². The molecule has 2 atom stereocenters. The van der Waals surface area contributed by atoms with Crippen molar-refractivity contribution >= 4 is 45.3 Å². The molecule has 1 amide bonds. The number of rotatable bonds is 3. The molecule has 0 bridgehead atoms. The highest BCUT2D eigenvalue weighted by Gasteiger charge is 2.33. The summed E-state index contributed by atoms with van der Waals surface area (Å²) in [5, 5.41) is 14.3. The number of hydrogen-bond acceptors (Lipinski definition) is 4. The summed E-state index contributed by atoms with van der Waals surface area (Å²) in [6, 6.07) is 6.29. The van der Waals surface area contributed by atoms with E-state index in [1.54, 1.807) is 45.0 Å². The fourth-order valence-corrected chi connectivity index (χ4v) is 4.23. The van der Waals surface area contributed by atoms with Gasteiger partial charge in [-0.2, -0.15) is 13.2 Å². The molecule has 1 saturated heterocycles. The Hall–Kier alpha value is -1.69. The average Bonchev–Trinajstić information content (AvgIpc) is 2.90. The standard InChI is InChI=1S/C20H25F3IN3O3/c1-19(2,3)30-18(29)26-8-7-16(28)14(10-26)25-13-5-4-6-15-12(13)9-17(24)27(15)11-20(21,22)23/h4-6,9,14,16,25,28H,7-8,10-11H2,1-3H3/t14-,16-/m0/s1. The first-order valence-electron chi connectivity index (χ1n) is 9.61. The molecule has 0 spiro atoms. The highest BCUT2D eigenvalue weighted by Crippen LogP contribution is 2.32. The lowest BCUT2D eigenvalue weighted by atomic mass is 10.0. The summed E-state index contributed by atoms with van der Waals surface area (Å²) in [4.78, 5) is 13.9. The normalized spacial score (nSPS) is 20.5. The van der Waals surface area contributed by atoms with E-state index in [9.17, 15) is 23.1 Å². The molecule has 0 radical (unpaired) electrons. The molecule has 30 heavy (non-hydrogen) atoms. The molecule has 1 aromatic heterocycles. The van der Waals surface area contributed by atoms with Gasteiger partial charge in [-0.05, 0) is 68.0 Å². The first-order valence-corrected chi connectivity index (χ1v) is 10.7. The van der Waals surface area contributed by atoms with Gasteiger partial charge in [-0.1, -0.05) is 6.07 Å². The van der Waals surface area contributed by atoms with Crippen molar-refractivity contribution in [2.45, 2.75) is 57.7 Å². The third-order valence-electron chi connectivity index (χ3n) is 4.80. The van der Waals surface area contributed by atoms with Gasteiger partial charge in [-0.3, -0.25) is 0 Å². The number of carbonyl (C=O) groups excluding carboxylic acids is 1. The van der Waals surface area contributed by atoms with Gasteiger partial charge in [0.05, 0.1) is 21.4 Å². The smallest absolute Gasteiger partial charge is 0.410 e. The number of ether oxygens (including phenoxy) is 1. The van der Waals surface area contributed by atoms with Crippen molar-refractivity contribution in [2.24, 2.45) is 0 Å². The van der Waals surface area contributed by atoms with Crippen LogP contribution in [0.2, 0.25) is 0 Å². The zero-order chi connectivity index (χ0) is 22.3. The molecule has 6 nitrogen and oxygen atoms in total. The van der Waals surface area contributed by atoms with E-state index in [1.807, 2.05) is 22.6 Å². The Morgan fingerprint density at radius 1 is 1.33 bits per heavy atom. The Morgan fingerprint density at radius 2 is 2.03 bits per heavy atom. The Kier molecular flexibility index (Phi) is 6.47. The topological polar surface area (TPSA) is 66.7 Å². The number of nitrogens with one attached hydrogen (secondary N) is 1. The largest absolute Gasteiger partial charge is 0.444 e. The number of piperidine rings is 1. The van der Waals surface area contributed by atoms with Gasteiger partial charge in [-0.15, -0.1) is 0 Å². The fraction of sp³-hybridized carbons (Fsp3) is 0.550. The van der Waals surface area contributed by atoms with Gasteiger partial charge in [0.1, 0.15) is 12.1 Å². The highest BCUT2D eigenvalue weighted by atomic mass is 127. The van der Waals surface area contributed by atoms with Gasteiger partial charge in [-0.25, -0.2) is 4.79 Å². The highest BCUT2D eigenvalue weighted by molar-refractivity contribution is 14.1. The van der Waals surface area contributed by atoms with Crippen LogP contribution in [0.1, 0.15) is 27.2 Å². The first-order chi connectivity index (χ1) is 13.8. The maximum atomic E-state index is 13.0. The average molecular weight is 539 g/mol. The van der Waals surface area contributed by atoms with Crippen LogP contribution in [0.25, 0.3) is 10.9 Å². The van der Waals surface area contributed by atoms with Gasteiger partial charge >= 0.3 is 12.3 Å². The van der Waals surface area contributed by atoms with Crippen LogP contribution >= 0.6 is 22.6 Å². The number of aliphatic hydroxyl groups is 1. The third-order valence-corrected chi connectivity index (χ3v) is 5.70. The molecule has 1 fully saturated rings. The van der Waals surface area contributed by atoms with Gasteiger partial charge in [0.2, 0.25) is 0 Å². The quantitative estimate of drug-likeness (QED) is 0.561. The van der Waals surface area contributed by atoms with E-state index in [-0.39, 0.29) is 6.54 Å². The summed E-state index contributed by atoms with van der Waals surface area (Å²) in [5.41, 5.74) is 0.442. The lowest BCUT2D eigenvalue weighted by Gasteiger charge is -2.37. The number of nitrogens with zero attached hydrogens (tertiary/aromatic N) is 2. The molecule has 1 aliphatic heterocycles. The van der Waals surface area contributed by atoms with Crippen LogP contribution in [-0.4, -0.2) is 57.7 Å². The van der Waals surface area contributed by atoms with Gasteiger partial charge in [0, 0.05) is 24.2 Å². The summed E-state index contributed by atoms with van der Waals surface area (Å²) in [6.45, 7) is 4.88. The number of hydrogen-bond donors (Lipinski definition) is 2. The number of halogens is 4. The number of alkyl halides is 3. The molecule has 0 saturated carbocycles. The minimum absolute atomic E-state index is 0.229. The number of carbonyl (C=O) groups is 1. The second-order valence-corrected chi connectivity index (χ2v) is 9.55. The summed E-state index contributed by atoms with van der Waals surface area (Å²) >= 11 is 1.89. The van der Waals surface area contributed by atoms with E-state index >= 15 is 0 Å². The number of amides is 1. The van der Waals surface area contributed by atoms with Crippen LogP contribution in [0, 0.1) is 3.70 Å². The fourth-order valence-electron chi connectivity index (χ4n) is 3.49. The zero-order valence-electron chi connectivity index (χ0n) is 17.0. The molecule has 0 unspecified atom stereocenters. The maximum absolute atomic E-state index is 13.0. The van der Waals surface area contributed by atoms with Gasteiger partial charge in [0.15, 0.2) is 0 Å². The molecule has 0 aliphatic carbocycles. The van der Waals surface area contributed by atoms with E-state index in [4.69, 9.17) is 4.74 Å². The number of anilines is 1. The molecule has 2 heterocycles. The van der Waals surface area contributed by atoms with E-state index in [2.05, 4.69) is 5.32 Å². The number of aliphatic hydroxyl groups excluding tert-OH is 1. The van der Waals surface area contributed by atoms with Crippen molar-refractivity contribution in [3.05, 3.63) is 28.0 Å². The predicted molar refractivity (Wildman–Crippen MR) is 117 cm³/mol. The summed E-state index contributed by atoms with van der Waals surface area (Å²) in [5.74, 6) is 0. The molecular formula is C20H25F3IN3O3. The van der Waals surface area contributed by atoms with Crippen molar-refractivity contribution in [1.82, 2.24) is 9.47 Å². The molecule has 2 aromatic rings. The molecule has 166 valence electrons. The van der Waals surface area contributed by atoms with Crippen LogP contribution in [-0.2, 0) is 11.3 Å². The van der Waals surface area contributed by atoms with E-state index < -0.39 is 36.6 Å². The Balaban J connectivity index is 1.82. The Bertz CT molecular complexity index is 924. The van der Waals surface area contributed by atoms with Gasteiger partial charge in [0.25, 0.3) is 0 Å². The van der Waals surface area contributed by atoms with Crippen LogP contribution in [0.15, 0.2) is 24.3 Å². The molecule has 3 rings (SSSR count). The Morgan fingerprint density at radius 3 is 2.67 bits per heavy atom. The lowest BCUT2D eigenvalue weighted by molar-refractivity contribution is -0.140. The SMILES string of the molecule is CC(C)(C)OC(=O)N1CC[C@H](O)[C@@H](Nc2cccc3c2cc(I)n3CC(F)(F)F)C1. The zero-order valence-corrected chi connectivity index (χ0v) is 19.1. The van der Waals surface area contributed by atoms with Gasteiger partial charge < -0.3 is 24.6 Å². The molecule has 1 aliphatic rings. The minimum Gasteiger partial charge on any atom is -0.444 e. The van der Waals surface area contributed by atoms with Crippen molar-refractivity contribution in [3.8, 4) is 0 Å². The van der Waals surface area contributed by atoms with Crippen LogP contribution in [0.5, 0.6) is 0 Å². The van der Waals surface area contributed by atoms with Crippen LogP contribution < -0.4 is 5.32 Å². The lowest BCUT2D eigenvalue weighted by Crippen LogP contribution is -2.53. The number of aromatic nitrogens is 1. The molecular weight excluding hydrogens is 514 g/mol. The van der Waals surface area contributed by atoms with Crippen molar-refractivity contribution < 1.29 is 27.8 Å². The second kappa shape index (κ2) is 8.45. The number of fused-ring (bicyclic) bond motifs is 1. The van der Waals surface area contributed by atoms with Crippen molar-refractivity contribution in [2.75, 3.05) is 18.4 Å². The van der Waals surface area contributed by atoms with E-state index in [0.29, 0.717) is 33.3 Å². The minimum atomic E-state index is -4.33. The third kappa shape index (κ3) is 5.51. The van der Waals surface area contributed by atoms with Crippen LogP contribution in [0.4, 0.5) is 23.7 Å².